The maximum absolute atomic E-state index is 4.62. The SMILES string of the molecule is CCNc1nc(NCC2(CC)CC2)c2ccccc2n1. The van der Waals surface area contributed by atoms with Crippen molar-refractivity contribution < 1.29 is 0 Å². The van der Waals surface area contributed by atoms with E-state index in [4.69, 9.17) is 0 Å². The Morgan fingerprint density at radius 3 is 2.60 bits per heavy atom. The van der Waals surface area contributed by atoms with Crippen LogP contribution in [0, 0.1) is 5.41 Å². The van der Waals surface area contributed by atoms with Gasteiger partial charge in [0.05, 0.1) is 5.52 Å². The van der Waals surface area contributed by atoms with Gasteiger partial charge in [0, 0.05) is 18.5 Å². The monoisotopic (exact) mass is 270 g/mol. The fourth-order valence-electron chi connectivity index (χ4n) is 2.55. The molecule has 0 aliphatic heterocycles. The van der Waals surface area contributed by atoms with Gasteiger partial charge in [0.1, 0.15) is 5.82 Å². The van der Waals surface area contributed by atoms with Crippen LogP contribution in [0.2, 0.25) is 0 Å². The summed E-state index contributed by atoms with van der Waals surface area (Å²) in [6, 6.07) is 8.18. The van der Waals surface area contributed by atoms with Gasteiger partial charge >= 0.3 is 0 Å². The van der Waals surface area contributed by atoms with Crippen molar-refractivity contribution in [1.82, 2.24) is 9.97 Å². The Balaban J connectivity index is 1.90. The zero-order valence-corrected chi connectivity index (χ0v) is 12.2. The third kappa shape index (κ3) is 2.55. The van der Waals surface area contributed by atoms with Gasteiger partial charge in [-0.05, 0) is 43.7 Å². The van der Waals surface area contributed by atoms with Crippen LogP contribution in [0.4, 0.5) is 11.8 Å². The molecule has 1 aliphatic rings. The number of para-hydroxylation sites is 1. The molecule has 0 unspecified atom stereocenters. The molecule has 1 aromatic carbocycles. The maximum Gasteiger partial charge on any atom is 0.225 e. The van der Waals surface area contributed by atoms with Crippen LogP contribution in [0.25, 0.3) is 10.9 Å². The summed E-state index contributed by atoms with van der Waals surface area (Å²) >= 11 is 0. The lowest BCUT2D eigenvalue weighted by molar-refractivity contribution is 0.521. The van der Waals surface area contributed by atoms with Crippen LogP contribution in [-0.4, -0.2) is 23.1 Å². The number of anilines is 2. The van der Waals surface area contributed by atoms with Crippen molar-refractivity contribution in [3.63, 3.8) is 0 Å². The van der Waals surface area contributed by atoms with Crippen molar-refractivity contribution in [3.05, 3.63) is 24.3 Å². The molecule has 1 aliphatic carbocycles. The molecule has 2 N–H and O–H groups in total. The molecule has 4 nitrogen and oxygen atoms in total. The maximum atomic E-state index is 4.62. The van der Waals surface area contributed by atoms with Gasteiger partial charge in [-0.25, -0.2) is 4.98 Å². The summed E-state index contributed by atoms with van der Waals surface area (Å²) < 4.78 is 0. The lowest BCUT2D eigenvalue weighted by atomic mass is 10.0. The molecule has 20 heavy (non-hydrogen) atoms. The van der Waals surface area contributed by atoms with E-state index in [9.17, 15) is 0 Å². The minimum Gasteiger partial charge on any atom is -0.369 e. The Hall–Kier alpha value is -1.84. The van der Waals surface area contributed by atoms with Crippen molar-refractivity contribution in [2.75, 3.05) is 23.7 Å². The summed E-state index contributed by atoms with van der Waals surface area (Å²) in [7, 11) is 0. The standard InChI is InChI=1S/C16H22N4/c1-3-16(9-10-16)11-18-14-12-7-5-6-8-13(12)19-15(20-14)17-4-2/h5-8H,3-4,9-11H2,1-2H3,(H2,17,18,19,20). The Kier molecular flexibility index (Phi) is 3.47. The van der Waals surface area contributed by atoms with E-state index in [1.54, 1.807) is 0 Å². The molecule has 1 heterocycles. The largest absolute Gasteiger partial charge is 0.369 e. The molecule has 0 saturated heterocycles. The third-order valence-corrected chi connectivity index (χ3v) is 4.28. The second kappa shape index (κ2) is 5.27. The van der Waals surface area contributed by atoms with E-state index >= 15 is 0 Å². The summed E-state index contributed by atoms with van der Waals surface area (Å²) in [6.07, 6.45) is 3.91. The van der Waals surface area contributed by atoms with Crippen LogP contribution in [0.15, 0.2) is 24.3 Å². The number of hydrogen-bond donors (Lipinski definition) is 2. The smallest absolute Gasteiger partial charge is 0.225 e. The van der Waals surface area contributed by atoms with Crippen molar-refractivity contribution in [2.45, 2.75) is 33.1 Å². The highest BCUT2D eigenvalue weighted by Gasteiger charge is 2.40. The van der Waals surface area contributed by atoms with Crippen LogP contribution >= 0.6 is 0 Å². The Morgan fingerprint density at radius 1 is 1.10 bits per heavy atom. The molecule has 0 atom stereocenters. The Labute approximate surface area is 120 Å². The van der Waals surface area contributed by atoms with E-state index in [0.717, 1.165) is 29.8 Å². The molecule has 1 fully saturated rings. The van der Waals surface area contributed by atoms with Crippen molar-refractivity contribution in [3.8, 4) is 0 Å². The van der Waals surface area contributed by atoms with Crippen LogP contribution < -0.4 is 10.6 Å². The van der Waals surface area contributed by atoms with Crippen LogP contribution in [-0.2, 0) is 0 Å². The topological polar surface area (TPSA) is 49.8 Å². The third-order valence-electron chi connectivity index (χ3n) is 4.28. The van der Waals surface area contributed by atoms with E-state index in [2.05, 4.69) is 40.5 Å². The van der Waals surface area contributed by atoms with E-state index in [0.29, 0.717) is 11.4 Å². The normalized spacial score (nSPS) is 16.1. The van der Waals surface area contributed by atoms with Crippen molar-refractivity contribution >= 4 is 22.7 Å². The van der Waals surface area contributed by atoms with Gasteiger partial charge in [0.2, 0.25) is 5.95 Å². The van der Waals surface area contributed by atoms with Crippen LogP contribution in [0.3, 0.4) is 0 Å². The van der Waals surface area contributed by atoms with Crippen LogP contribution in [0.1, 0.15) is 33.1 Å². The van der Waals surface area contributed by atoms with Gasteiger partial charge in [-0.2, -0.15) is 4.98 Å². The first-order valence-corrected chi connectivity index (χ1v) is 7.51. The average Bonchev–Trinajstić information content (AvgIpc) is 3.26. The molecule has 2 aromatic rings. The number of fused-ring (bicyclic) bond motifs is 1. The number of aromatic nitrogens is 2. The second-order valence-corrected chi connectivity index (χ2v) is 5.65. The van der Waals surface area contributed by atoms with Gasteiger partial charge in [-0.1, -0.05) is 19.1 Å². The molecular formula is C16H22N4. The van der Waals surface area contributed by atoms with Gasteiger partial charge in [-0.15, -0.1) is 0 Å². The molecule has 4 heteroatoms. The van der Waals surface area contributed by atoms with E-state index in [1.807, 2.05) is 18.2 Å². The molecule has 0 spiro atoms. The number of nitrogens with zero attached hydrogens (tertiary/aromatic N) is 2. The number of rotatable bonds is 6. The highest BCUT2D eigenvalue weighted by atomic mass is 15.1. The van der Waals surface area contributed by atoms with E-state index in [1.165, 1.54) is 19.3 Å². The minimum atomic E-state index is 0.504. The molecule has 0 radical (unpaired) electrons. The molecule has 1 saturated carbocycles. The molecule has 0 bridgehead atoms. The summed E-state index contributed by atoms with van der Waals surface area (Å²) in [5.41, 5.74) is 1.49. The summed E-state index contributed by atoms with van der Waals surface area (Å²) in [5.74, 6) is 1.65. The minimum absolute atomic E-state index is 0.504. The fraction of sp³-hybridized carbons (Fsp3) is 0.500. The first-order chi connectivity index (χ1) is 9.76. The summed E-state index contributed by atoms with van der Waals surface area (Å²) in [4.78, 5) is 9.17. The molecule has 1 aromatic heterocycles. The van der Waals surface area contributed by atoms with Crippen molar-refractivity contribution in [2.24, 2.45) is 5.41 Å². The number of nitrogens with one attached hydrogen (secondary N) is 2. The molecule has 3 rings (SSSR count). The predicted octanol–water partition coefficient (Wildman–Crippen LogP) is 3.66. The second-order valence-electron chi connectivity index (χ2n) is 5.65. The van der Waals surface area contributed by atoms with Gasteiger partial charge in [0.15, 0.2) is 0 Å². The first-order valence-electron chi connectivity index (χ1n) is 7.51. The lowest BCUT2D eigenvalue weighted by Crippen LogP contribution is -2.16. The molecular weight excluding hydrogens is 248 g/mol. The average molecular weight is 270 g/mol. The molecule has 106 valence electrons. The quantitative estimate of drug-likeness (QED) is 0.841. The van der Waals surface area contributed by atoms with Gasteiger partial charge in [-0.3, -0.25) is 0 Å². The molecule has 0 amide bonds. The Bertz CT molecular complexity index is 604. The summed E-state index contributed by atoms with van der Waals surface area (Å²) in [5, 5.41) is 7.85. The fourth-order valence-corrected chi connectivity index (χ4v) is 2.55. The first kappa shape index (κ1) is 13.2. The van der Waals surface area contributed by atoms with Crippen LogP contribution in [0.5, 0.6) is 0 Å². The zero-order chi connectivity index (χ0) is 14.0. The van der Waals surface area contributed by atoms with E-state index < -0.39 is 0 Å². The number of hydrogen-bond acceptors (Lipinski definition) is 4. The van der Waals surface area contributed by atoms with E-state index in [-0.39, 0.29) is 0 Å². The zero-order valence-electron chi connectivity index (χ0n) is 12.2. The predicted molar refractivity (Wildman–Crippen MR) is 84.1 cm³/mol. The summed E-state index contributed by atoms with van der Waals surface area (Å²) in [6.45, 7) is 6.17. The highest BCUT2D eigenvalue weighted by molar-refractivity contribution is 5.90. The highest BCUT2D eigenvalue weighted by Crippen LogP contribution is 2.48. The van der Waals surface area contributed by atoms with Gasteiger partial charge in [0.25, 0.3) is 0 Å². The lowest BCUT2D eigenvalue weighted by Gasteiger charge is -2.16. The van der Waals surface area contributed by atoms with Gasteiger partial charge < -0.3 is 10.6 Å². The Morgan fingerprint density at radius 2 is 1.90 bits per heavy atom. The number of benzene rings is 1. The van der Waals surface area contributed by atoms with Crippen molar-refractivity contribution in [1.29, 1.82) is 0 Å².